The molecule has 11 heavy (non-hydrogen) atoms. The summed E-state index contributed by atoms with van der Waals surface area (Å²) in [6.07, 6.45) is 5.53. The van der Waals surface area contributed by atoms with E-state index in [1.165, 1.54) is 6.11 Å². The molecule has 0 rings (SSSR count). The molecule has 1 unspecified atom stereocenters. The lowest BCUT2D eigenvalue weighted by Crippen LogP contribution is -2.19. The molecule has 1 atom stereocenters. The van der Waals surface area contributed by atoms with Crippen molar-refractivity contribution in [3.8, 4) is 12.5 Å². The summed E-state index contributed by atoms with van der Waals surface area (Å²) in [4.78, 5) is 7.83. The Bertz CT molecular complexity index is 310. The van der Waals surface area contributed by atoms with Gasteiger partial charge in [-0.3, -0.25) is 0 Å². The highest BCUT2D eigenvalue weighted by atomic mass is 32.2. The van der Waals surface area contributed by atoms with E-state index in [0.29, 0.717) is 4.49 Å². The van der Waals surface area contributed by atoms with Crippen molar-refractivity contribution >= 4 is 18.1 Å². The Hall–Kier alpha value is -0.610. The zero-order valence-electron chi connectivity index (χ0n) is 4.89. The summed E-state index contributed by atoms with van der Waals surface area (Å²) in [6.45, 7) is 0. The molecule has 0 fully saturated rings. The lowest BCUT2D eigenvalue weighted by Gasteiger charge is -2.01. The van der Waals surface area contributed by atoms with Crippen LogP contribution in [0.15, 0.2) is 0 Å². The summed E-state index contributed by atoms with van der Waals surface area (Å²) >= 11 is 0. The fourth-order valence-electron chi connectivity index (χ4n) is 0.220. The second-order valence-electron chi connectivity index (χ2n) is 1.25. The average molecular weight is 203 g/mol. The van der Waals surface area contributed by atoms with Gasteiger partial charge in [-0.05, 0) is 0 Å². The van der Waals surface area contributed by atoms with Gasteiger partial charge in [0, 0.05) is 0 Å². The number of nitrogens with one attached hydrogen (secondary N) is 1. The van der Waals surface area contributed by atoms with Gasteiger partial charge in [0.25, 0.3) is 0 Å². The Morgan fingerprint density at radius 3 is 2.45 bits per heavy atom. The average Bonchev–Trinajstić information content (AvgIpc) is 1.55. The molecule has 0 heterocycles. The standard InChI is InChI=1S/C2H3FNO5PS/c1-2-9-11(7,8)4-10(3,5)6/h1H,(H2,4,5,6). The maximum Gasteiger partial charge on any atom is 0.456 e. The van der Waals surface area contributed by atoms with Crippen molar-refractivity contribution in [3.05, 3.63) is 0 Å². The molecule has 9 heteroatoms. The number of rotatable bonds is 3. The van der Waals surface area contributed by atoms with Crippen LogP contribution in [0.3, 0.4) is 0 Å². The second-order valence-corrected chi connectivity index (χ2v) is 4.06. The van der Waals surface area contributed by atoms with Gasteiger partial charge in [0.1, 0.15) is 6.11 Å². The molecule has 0 bridgehead atoms. The molecule has 0 aromatic heterocycles. The van der Waals surface area contributed by atoms with Crippen molar-refractivity contribution in [2.75, 3.05) is 0 Å². The van der Waals surface area contributed by atoms with Crippen LogP contribution in [0, 0.1) is 12.5 Å². The Morgan fingerprint density at radius 2 is 2.18 bits per heavy atom. The van der Waals surface area contributed by atoms with Gasteiger partial charge in [-0.2, -0.15) is 8.42 Å². The van der Waals surface area contributed by atoms with Gasteiger partial charge in [-0.1, -0.05) is 10.9 Å². The van der Waals surface area contributed by atoms with E-state index in [2.05, 4.69) is 10.6 Å². The second kappa shape index (κ2) is 3.19. The van der Waals surface area contributed by atoms with Gasteiger partial charge in [0.15, 0.2) is 0 Å². The largest absolute Gasteiger partial charge is 0.456 e. The molecule has 0 radical (unpaired) electrons. The Balaban J connectivity index is 4.43. The summed E-state index contributed by atoms with van der Waals surface area (Å²) in [6, 6.07) is 0. The zero-order chi connectivity index (χ0) is 9.12. The number of halogens is 1. The van der Waals surface area contributed by atoms with Gasteiger partial charge >= 0.3 is 18.1 Å². The van der Waals surface area contributed by atoms with Crippen LogP contribution in [0.1, 0.15) is 0 Å². The van der Waals surface area contributed by atoms with Gasteiger partial charge in [0.05, 0.1) is 0 Å². The Labute approximate surface area is 62.3 Å². The summed E-state index contributed by atoms with van der Waals surface area (Å²) in [7, 11) is -10.0. The van der Waals surface area contributed by atoms with E-state index >= 15 is 0 Å². The molecule has 0 aromatic rings. The fraction of sp³-hybridized carbons (Fsp3) is 0. The van der Waals surface area contributed by atoms with Gasteiger partial charge in [-0.15, -0.1) is 4.20 Å². The smallest absolute Gasteiger partial charge is 0.316 e. The SMILES string of the molecule is C#COS(=O)(=O)NP(=O)(O)F. The molecule has 64 valence electrons. The van der Waals surface area contributed by atoms with Gasteiger partial charge < -0.3 is 9.08 Å². The van der Waals surface area contributed by atoms with Crippen LogP contribution >= 0.6 is 7.83 Å². The van der Waals surface area contributed by atoms with Crippen LogP contribution in [0.4, 0.5) is 4.20 Å². The fourth-order valence-corrected chi connectivity index (χ4v) is 1.60. The van der Waals surface area contributed by atoms with Crippen molar-refractivity contribution in [3.63, 3.8) is 0 Å². The molecule has 0 aliphatic rings. The quantitative estimate of drug-likeness (QED) is 0.476. The van der Waals surface area contributed by atoms with E-state index < -0.39 is 18.1 Å². The molecular formula is C2H3FNO5PS. The molecular weight excluding hydrogens is 200 g/mol. The van der Waals surface area contributed by atoms with Crippen molar-refractivity contribution in [2.24, 2.45) is 0 Å². The maximum atomic E-state index is 11.7. The van der Waals surface area contributed by atoms with Crippen molar-refractivity contribution in [1.29, 1.82) is 0 Å². The third-order valence-corrected chi connectivity index (χ3v) is 2.49. The molecule has 0 aromatic carbocycles. The van der Waals surface area contributed by atoms with Crippen LogP contribution < -0.4 is 4.49 Å². The van der Waals surface area contributed by atoms with Crippen LogP contribution in [0.2, 0.25) is 0 Å². The minimum absolute atomic E-state index is 0.648. The maximum absolute atomic E-state index is 11.7. The molecule has 0 saturated heterocycles. The van der Waals surface area contributed by atoms with E-state index in [0.717, 1.165) is 0 Å². The first kappa shape index (κ1) is 10.4. The van der Waals surface area contributed by atoms with Crippen LogP contribution in [-0.2, 0) is 19.1 Å². The lowest BCUT2D eigenvalue weighted by atomic mass is 11.3. The topological polar surface area (TPSA) is 92.7 Å². The third kappa shape index (κ3) is 5.82. The molecule has 2 N–H and O–H groups in total. The number of hydrogen-bond acceptors (Lipinski definition) is 4. The summed E-state index contributed by atoms with van der Waals surface area (Å²) < 4.78 is 45.9. The molecule has 0 aliphatic heterocycles. The first-order valence-electron chi connectivity index (χ1n) is 1.97. The summed E-state index contributed by atoms with van der Waals surface area (Å²) in [5.41, 5.74) is 0. The first-order valence-corrected chi connectivity index (χ1v) is 4.93. The molecule has 0 saturated carbocycles. The van der Waals surface area contributed by atoms with E-state index in [1.54, 1.807) is 0 Å². The third-order valence-electron chi connectivity index (χ3n) is 0.382. The van der Waals surface area contributed by atoms with Gasteiger partial charge in [-0.25, -0.2) is 4.57 Å². The summed E-state index contributed by atoms with van der Waals surface area (Å²) in [5.74, 6) is 0. The van der Waals surface area contributed by atoms with E-state index in [4.69, 9.17) is 4.89 Å². The highest BCUT2D eigenvalue weighted by Gasteiger charge is 2.25. The van der Waals surface area contributed by atoms with Gasteiger partial charge in [0.2, 0.25) is 0 Å². The monoisotopic (exact) mass is 203 g/mol. The van der Waals surface area contributed by atoms with E-state index in [9.17, 15) is 17.2 Å². The minimum atomic E-state index is -5.38. The molecule has 0 spiro atoms. The highest BCUT2D eigenvalue weighted by molar-refractivity contribution is 7.90. The minimum Gasteiger partial charge on any atom is -0.316 e. The van der Waals surface area contributed by atoms with Crippen molar-refractivity contribution in [2.45, 2.75) is 0 Å². The molecule has 0 amide bonds. The normalized spacial score (nSPS) is 16.5. The predicted molar refractivity (Wildman–Crippen MR) is 32.9 cm³/mol. The molecule has 6 nitrogen and oxygen atoms in total. The van der Waals surface area contributed by atoms with Crippen molar-refractivity contribution < 1.29 is 26.3 Å². The number of hydrogen-bond donors (Lipinski definition) is 2. The van der Waals surface area contributed by atoms with Crippen LogP contribution in [-0.4, -0.2) is 13.3 Å². The summed E-state index contributed by atoms with van der Waals surface area (Å²) in [5, 5.41) is 0. The van der Waals surface area contributed by atoms with E-state index in [1.807, 2.05) is 0 Å². The van der Waals surface area contributed by atoms with E-state index in [-0.39, 0.29) is 0 Å². The first-order chi connectivity index (χ1) is 4.77. The molecule has 0 aliphatic carbocycles. The number of terminal acetylenes is 1. The lowest BCUT2D eigenvalue weighted by molar-refractivity contribution is 0.412. The Morgan fingerprint density at radius 1 is 1.73 bits per heavy atom. The van der Waals surface area contributed by atoms with Crippen LogP contribution in [0.5, 0.6) is 0 Å². The Kier molecular flexibility index (Phi) is 3.02. The van der Waals surface area contributed by atoms with Crippen LogP contribution in [0.25, 0.3) is 0 Å². The highest BCUT2D eigenvalue weighted by Crippen LogP contribution is 2.37. The predicted octanol–water partition coefficient (Wildman–Crippen LogP) is -0.502. The van der Waals surface area contributed by atoms with Crippen molar-refractivity contribution in [1.82, 2.24) is 4.49 Å². The zero-order valence-corrected chi connectivity index (χ0v) is 6.60.